The lowest BCUT2D eigenvalue weighted by Gasteiger charge is -2.39. The second kappa shape index (κ2) is 9.23. The van der Waals surface area contributed by atoms with Gasteiger partial charge in [-0.1, -0.05) is 0 Å². The van der Waals surface area contributed by atoms with E-state index in [2.05, 4.69) is 4.98 Å². The Morgan fingerprint density at radius 2 is 1.74 bits per heavy atom. The van der Waals surface area contributed by atoms with E-state index in [0.29, 0.717) is 0 Å². The molecule has 1 aliphatic rings. The van der Waals surface area contributed by atoms with E-state index in [0.717, 1.165) is 0 Å². The minimum atomic E-state index is -1.05. The third kappa shape index (κ3) is 5.59. The number of ether oxygens (including phenoxy) is 4. The molecule has 0 N–H and O–H groups in total. The Morgan fingerprint density at radius 3 is 2.33 bits per heavy atom. The molecule has 9 nitrogen and oxygen atoms in total. The standard InChI is InChI=1S/C17H18N2O7S/c1-9(20)23-14-8-27-17(26-13-7-19-5-4-12(13)6-18)16(25-11(3)22)15(14)24-10(2)21/h4-5,7,14-17H,8H2,1-3H3/t14-,15+,16-,17+/m1/s1. The Hall–Kier alpha value is -2.80. The van der Waals surface area contributed by atoms with E-state index in [4.69, 9.17) is 18.9 Å². The van der Waals surface area contributed by atoms with Gasteiger partial charge in [-0.3, -0.25) is 19.4 Å². The first-order chi connectivity index (χ1) is 12.8. The lowest BCUT2D eigenvalue weighted by Crippen LogP contribution is -2.55. The molecule has 1 aliphatic heterocycles. The van der Waals surface area contributed by atoms with Crippen molar-refractivity contribution in [3.05, 3.63) is 24.0 Å². The Morgan fingerprint density at radius 1 is 1.11 bits per heavy atom. The third-order valence-electron chi connectivity index (χ3n) is 3.45. The first kappa shape index (κ1) is 20.5. The van der Waals surface area contributed by atoms with Crippen LogP contribution in [0, 0.1) is 11.3 Å². The van der Waals surface area contributed by atoms with Gasteiger partial charge in [0, 0.05) is 32.7 Å². The lowest BCUT2D eigenvalue weighted by molar-refractivity contribution is -0.186. The van der Waals surface area contributed by atoms with E-state index in [-0.39, 0.29) is 17.1 Å². The van der Waals surface area contributed by atoms with Crippen LogP contribution < -0.4 is 4.74 Å². The average Bonchev–Trinajstić information content (AvgIpc) is 2.59. The van der Waals surface area contributed by atoms with Crippen LogP contribution >= 0.6 is 11.8 Å². The normalized spacial score (nSPS) is 24.2. The minimum Gasteiger partial charge on any atom is -0.473 e. The van der Waals surface area contributed by atoms with Crippen LogP contribution in [-0.4, -0.2) is 52.4 Å². The lowest BCUT2D eigenvalue weighted by atomic mass is 10.1. The zero-order valence-electron chi connectivity index (χ0n) is 14.9. The van der Waals surface area contributed by atoms with Gasteiger partial charge in [-0.15, -0.1) is 11.8 Å². The van der Waals surface area contributed by atoms with Crippen molar-refractivity contribution in [1.82, 2.24) is 4.98 Å². The van der Waals surface area contributed by atoms with Crippen LogP contribution in [0.25, 0.3) is 0 Å². The first-order valence-corrected chi connectivity index (χ1v) is 9.00. The fourth-order valence-electron chi connectivity index (χ4n) is 2.50. The summed E-state index contributed by atoms with van der Waals surface area (Å²) in [6.45, 7) is 3.63. The molecule has 1 aromatic heterocycles. The smallest absolute Gasteiger partial charge is 0.303 e. The summed E-state index contributed by atoms with van der Waals surface area (Å²) in [7, 11) is 0. The van der Waals surface area contributed by atoms with Crippen LogP contribution in [0.3, 0.4) is 0 Å². The summed E-state index contributed by atoms with van der Waals surface area (Å²) < 4.78 is 21.6. The summed E-state index contributed by atoms with van der Waals surface area (Å²) in [4.78, 5) is 38.4. The number of carbonyl (C=O) groups is 3. The SMILES string of the molecule is CC(=O)O[C@@H]1[C@@H](OC(C)=O)[C@@H](Oc2cnccc2C#N)SC[C@H]1OC(C)=O. The highest BCUT2D eigenvalue weighted by Gasteiger charge is 2.47. The Bertz CT molecular complexity index is 764. The minimum absolute atomic E-state index is 0.196. The van der Waals surface area contributed by atoms with E-state index in [9.17, 15) is 19.6 Å². The van der Waals surface area contributed by atoms with E-state index in [1.807, 2.05) is 6.07 Å². The molecule has 1 fully saturated rings. The van der Waals surface area contributed by atoms with Gasteiger partial charge >= 0.3 is 17.9 Å². The molecule has 0 bridgehead atoms. The predicted molar refractivity (Wildman–Crippen MR) is 92.5 cm³/mol. The zero-order chi connectivity index (χ0) is 20.0. The average molecular weight is 394 g/mol. The number of hydrogen-bond donors (Lipinski definition) is 0. The van der Waals surface area contributed by atoms with Crippen LogP contribution in [-0.2, 0) is 28.6 Å². The van der Waals surface area contributed by atoms with Crippen molar-refractivity contribution < 1.29 is 33.3 Å². The molecule has 0 aromatic carbocycles. The van der Waals surface area contributed by atoms with E-state index in [1.165, 1.54) is 51.0 Å². The molecule has 0 unspecified atom stereocenters. The van der Waals surface area contributed by atoms with E-state index in [1.54, 1.807) is 0 Å². The summed E-state index contributed by atoms with van der Waals surface area (Å²) in [6, 6.07) is 3.46. The quantitative estimate of drug-likeness (QED) is 0.531. The Kier molecular flexibility index (Phi) is 7.01. The van der Waals surface area contributed by atoms with Crippen molar-refractivity contribution in [2.24, 2.45) is 0 Å². The summed E-state index contributed by atoms with van der Waals surface area (Å²) in [5.74, 6) is -1.37. The largest absolute Gasteiger partial charge is 0.473 e. The maximum atomic E-state index is 11.6. The second-order valence-corrected chi connectivity index (χ2v) is 6.73. The number of rotatable bonds is 5. The zero-order valence-corrected chi connectivity index (χ0v) is 15.7. The summed E-state index contributed by atoms with van der Waals surface area (Å²) >= 11 is 1.20. The molecule has 27 heavy (non-hydrogen) atoms. The summed E-state index contributed by atoms with van der Waals surface area (Å²) in [6.07, 6.45) is -0.112. The van der Waals surface area contributed by atoms with Gasteiger partial charge in [0.15, 0.2) is 29.5 Å². The number of esters is 3. The molecule has 1 saturated heterocycles. The van der Waals surface area contributed by atoms with Crippen LogP contribution in [0.5, 0.6) is 5.75 Å². The van der Waals surface area contributed by atoms with E-state index < -0.39 is 41.7 Å². The number of carbonyl (C=O) groups excluding carboxylic acids is 3. The van der Waals surface area contributed by atoms with Gasteiger partial charge in [-0.05, 0) is 6.07 Å². The first-order valence-electron chi connectivity index (χ1n) is 7.95. The molecule has 2 heterocycles. The van der Waals surface area contributed by atoms with Crippen molar-refractivity contribution >= 4 is 29.7 Å². The van der Waals surface area contributed by atoms with Crippen LogP contribution in [0.2, 0.25) is 0 Å². The number of hydrogen-bond acceptors (Lipinski definition) is 10. The fraction of sp³-hybridized carbons (Fsp3) is 0.471. The monoisotopic (exact) mass is 394 g/mol. The Balaban J connectivity index is 2.32. The van der Waals surface area contributed by atoms with Crippen molar-refractivity contribution in [2.45, 2.75) is 44.5 Å². The number of aromatic nitrogens is 1. The molecule has 0 radical (unpaired) electrons. The van der Waals surface area contributed by atoms with Crippen LogP contribution in [0.1, 0.15) is 26.3 Å². The maximum absolute atomic E-state index is 11.6. The highest BCUT2D eigenvalue weighted by Crippen LogP contribution is 2.34. The molecule has 144 valence electrons. The van der Waals surface area contributed by atoms with E-state index >= 15 is 0 Å². The molecular formula is C17H18N2O7S. The third-order valence-corrected chi connectivity index (χ3v) is 4.67. The Labute approximate surface area is 159 Å². The molecule has 0 spiro atoms. The highest BCUT2D eigenvalue weighted by atomic mass is 32.2. The van der Waals surface area contributed by atoms with Crippen molar-refractivity contribution in [1.29, 1.82) is 5.26 Å². The van der Waals surface area contributed by atoms with Crippen molar-refractivity contribution in [2.75, 3.05) is 5.75 Å². The van der Waals surface area contributed by atoms with Crippen LogP contribution in [0.15, 0.2) is 18.5 Å². The molecule has 10 heteroatoms. The molecular weight excluding hydrogens is 376 g/mol. The van der Waals surface area contributed by atoms with Gasteiger partial charge in [-0.25, -0.2) is 0 Å². The number of nitrogens with zero attached hydrogens (tertiary/aromatic N) is 2. The van der Waals surface area contributed by atoms with Gasteiger partial charge in [-0.2, -0.15) is 5.26 Å². The van der Waals surface area contributed by atoms with Gasteiger partial charge in [0.25, 0.3) is 0 Å². The van der Waals surface area contributed by atoms with Crippen molar-refractivity contribution in [3.63, 3.8) is 0 Å². The molecule has 0 amide bonds. The summed E-state index contributed by atoms with van der Waals surface area (Å²) in [5, 5.41) is 9.19. The van der Waals surface area contributed by atoms with Gasteiger partial charge in [0.1, 0.15) is 6.07 Å². The van der Waals surface area contributed by atoms with Crippen LogP contribution in [0.4, 0.5) is 0 Å². The summed E-state index contributed by atoms with van der Waals surface area (Å²) in [5.41, 5.74) is -0.556. The predicted octanol–water partition coefficient (Wildman–Crippen LogP) is 1.20. The number of thioether (sulfide) groups is 1. The highest BCUT2D eigenvalue weighted by molar-refractivity contribution is 7.99. The molecule has 2 rings (SSSR count). The van der Waals surface area contributed by atoms with Crippen molar-refractivity contribution in [3.8, 4) is 11.8 Å². The maximum Gasteiger partial charge on any atom is 0.303 e. The van der Waals surface area contributed by atoms with Gasteiger partial charge in [0.05, 0.1) is 11.8 Å². The molecule has 1 aromatic rings. The number of nitriles is 1. The molecule has 4 atom stereocenters. The number of pyridine rings is 1. The molecule has 0 aliphatic carbocycles. The van der Waals surface area contributed by atoms with Gasteiger partial charge < -0.3 is 18.9 Å². The second-order valence-electron chi connectivity index (χ2n) is 5.60. The topological polar surface area (TPSA) is 125 Å². The van der Waals surface area contributed by atoms with Gasteiger partial charge in [0.2, 0.25) is 0 Å². The molecule has 0 saturated carbocycles. The fourth-order valence-corrected chi connectivity index (χ4v) is 3.71.